The molecule has 0 saturated carbocycles. The Kier molecular flexibility index (Phi) is 44.2. The Morgan fingerprint density at radius 3 is 1.56 bits per heavy atom. The first-order chi connectivity index (χ1) is 13.8. The molecule has 2 aromatic carbocycles. The monoisotopic (exact) mass is 508 g/mol. The Hall–Kier alpha value is 1.63. The summed E-state index contributed by atoms with van der Waals surface area (Å²) in [5.41, 5.74) is 0.653. The van der Waals surface area contributed by atoms with Crippen molar-refractivity contribution >= 4 is 47.7 Å². The van der Waals surface area contributed by atoms with E-state index < -0.39 is 8.56 Å². The van der Waals surface area contributed by atoms with E-state index in [0.717, 1.165) is 18.8 Å². The van der Waals surface area contributed by atoms with Crippen molar-refractivity contribution in [1.82, 2.24) is 0 Å². The van der Waals surface area contributed by atoms with Crippen molar-refractivity contribution < 1.29 is 89.9 Å². The minimum absolute atomic E-state index is 0. The smallest absolute Gasteiger partial charge is 1.00 e. The molecule has 0 radical (unpaired) electrons. The van der Waals surface area contributed by atoms with Crippen LogP contribution in [0.5, 0.6) is 0 Å². The molecule has 2 aromatic rings. The Bertz CT molecular complexity index is 658. The van der Waals surface area contributed by atoms with E-state index in [1.807, 2.05) is 6.66 Å². The van der Waals surface area contributed by atoms with Gasteiger partial charge >= 0.3 is 75.4 Å². The van der Waals surface area contributed by atoms with Crippen LogP contribution in [0.4, 0.5) is 0 Å². The first-order valence-corrected chi connectivity index (χ1v) is 15.2. The van der Waals surface area contributed by atoms with Crippen LogP contribution >= 0.6 is 16.1 Å². The quantitative estimate of drug-likeness (QED) is 0.160. The van der Waals surface area contributed by atoms with E-state index in [0.29, 0.717) is 15.9 Å². The normalized spacial score (nSPS) is 10.1. The Morgan fingerprint density at radius 2 is 1.32 bits per heavy atom. The van der Waals surface area contributed by atoms with Gasteiger partial charge in [0.1, 0.15) is 0 Å². The van der Waals surface area contributed by atoms with Crippen LogP contribution in [0.15, 0.2) is 60.7 Å². The van der Waals surface area contributed by atoms with Gasteiger partial charge in [-0.1, -0.05) is 108 Å². The Labute approximate surface area is 265 Å². The van der Waals surface area contributed by atoms with Gasteiger partial charge in [-0.15, -0.1) is 0 Å². The van der Waals surface area contributed by atoms with Crippen molar-refractivity contribution in [3.8, 4) is 6.07 Å². The molecule has 1 unspecified atom stereocenters. The van der Waals surface area contributed by atoms with Gasteiger partial charge in [-0.3, -0.25) is 0 Å². The third-order valence-electron chi connectivity index (χ3n) is 3.70. The van der Waals surface area contributed by atoms with Crippen molar-refractivity contribution in [1.29, 1.82) is 5.26 Å². The number of unbranched alkanes of at least 4 members (excludes halogenated alkanes) is 1. The molecule has 0 aliphatic rings. The summed E-state index contributed by atoms with van der Waals surface area (Å²) >= 11 is 4.60. The summed E-state index contributed by atoms with van der Waals surface area (Å²) in [5, 5.41) is 8.90. The predicted octanol–water partition coefficient (Wildman–Crippen LogP) is -9.31. The molecule has 0 bridgehead atoms. The number of nitrogens with zero attached hydrogens (tertiary/aromatic N) is 1. The second-order valence-corrected chi connectivity index (χ2v) is 14.1. The van der Waals surface area contributed by atoms with Gasteiger partial charge < -0.3 is 43.2 Å². The molecule has 0 aliphatic carbocycles. The van der Waals surface area contributed by atoms with Crippen LogP contribution in [-0.4, -0.2) is 20.7 Å². The van der Waals surface area contributed by atoms with Crippen molar-refractivity contribution in [2.24, 2.45) is 5.92 Å². The first kappa shape index (κ1) is 48.7. The number of nitriles is 1. The fourth-order valence-corrected chi connectivity index (χ4v) is 4.30. The van der Waals surface area contributed by atoms with E-state index >= 15 is 0 Å². The molecule has 0 fully saturated rings. The fraction of sp³-hybridized carbons (Fsp3) is 0.409. The minimum atomic E-state index is -3.96. The van der Waals surface area contributed by atoms with Crippen LogP contribution < -0.4 is 100 Å². The van der Waals surface area contributed by atoms with Crippen LogP contribution in [0.25, 0.3) is 0 Å². The van der Waals surface area contributed by atoms with Crippen LogP contribution in [0.2, 0.25) is 0 Å². The molecule has 0 amide bonds. The standard InChI is InChI=1S/C12H10O2Si.C7H13N.C2H6OP2S.CH4.4Li/c13-15(14,11-7-3-1-4-8-11)12-9-5-2-6-10-12;1-7(2)5-3-4-6-8;1-5(2-6)4-3;;;;;/h1-10H;7H,3-5H2,1-2H3;6H,2H2,1H3;1H4;;;;/q-2;;-2;;4*+1/p-1. The zero-order chi connectivity index (χ0) is 22.1. The van der Waals surface area contributed by atoms with Gasteiger partial charge in [0.2, 0.25) is 0 Å². The summed E-state index contributed by atoms with van der Waals surface area (Å²) in [5.74, 6) is 0.753. The minimum Gasteiger partial charge on any atom is -1.01 e. The number of benzene rings is 2. The SMILES string of the molecule is C.CC(C)CCCC#N.CP(C[S-])[P-][O-].[Li+].[Li+].[Li+].[Li+].[O-][Si]([O-])(c1ccccc1)c1ccccc1. The van der Waals surface area contributed by atoms with Gasteiger partial charge in [-0.2, -0.15) is 10.8 Å². The molecule has 0 saturated heterocycles. The largest absolute Gasteiger partial charge is 1.01 e. The summed E-state index contributed by atoms with van der Waals surface area (Å²) in [6.45, 7) is 6.27. The van der Waals surface area contributed by atoms with Gasteiger partial charge in [-0.25, -0.2) is 0 Å². The fourth-order valence-electron chi connectivity index (χ4n) is 2.09. The average molecular weight is 508 g/mol. The third-order valence-corrected chi connectivity index (χ3v) is 9.54. The van der Waals surface area contributed by atoms with Crippen molar-refractivity contribution in [3.05, 3.63) is 60.7 Å². The predicted molar refractivity (Wildman–Crippen MR) is 131 cm³/mol. The van der Waals surface area contributed by atoms with Crippen LogP contribution in [-0.2, 0) is 12.6 Å². The average Bonchev–Trinajstić information content (AvgIpc) is 2.75. The summed E-state index contributed by atoms with van der Waals surface area (Å²) in [7, 11) is -4.06. The number of hydrogen-bond donors (Lipinski definition) is 0. The van der Waals surface area contributed by atoms with E-state index in [1.54, 1.807) is 60.7 Å². The van der Waals surface area contributed by atoms with Crippen molar-refractivity contribution in [3.63, 3.8) is 0 Å². The summed E-state index contributed by atoms with van der Waals surface area (Å²) in [6.07, 6.45) is 2.97. The topological polar surface area (TPSA) is 93.0 Å². The van der Waals surface area contributed by atoms with Crippen molar-refractivity contribution in [2.75, 3.05) is 12.2 Å². The zero-order valence-corrected chi connectivity index (χ0v) is 24.8. The second-order valence-electron chi connectivity index (χ2n) is 6.66. The molecule has 1 atom stereocenters. The second kappa shape index (κ2) is 30.8. The number of hydrogen-bond acceptors (Lipinski definition) is 5. The molecule has 0 N–H and O–H groups in total. The van der Waals surface area contributed by atoms with Gasteiger partial charge in [0, 0.05) is 6.42 Å². The maximum absolute atomic E-state index is 12.1. The molecular weight excluding hydrogens is 476 g/mol. The van der Waals surface area contributed by atoms with E-state index in [9.17, 15) is 14.5 Å². The summed E-state index contributed by atoms with van der Waals surface area (Å²) in [6, 6.07) is 19.2. The van der Waals surface area contributed by atoms with E-state index in [1.165, 1.54) is 6.42 Å². The van der Waals surface area contributed by atoms with Gasteiger partial charge in [0.25, 0.3) is 0 Å². The van der Waals surface area contributed by atoms with Crippen molar-refractivity contribution in [2.45, 2.75) is 40.5 Å². The maximum atomic E-state index is 12.1. The summed E-state index contributed by atoms with van der Waals surface area (Å²) < 4.78 is 0. The Morgan fingerprint density at radius 1 is 0.941 bits per heavy atom. The molecule has 0 aliphatic heterocycles. The molecular formula is C22H32Li4NO3P2SSi-. The third kappa shape index (κ3) is 24.0. The molecule has 4 nitrogen and oxygen atoms in total. The van der Waals surface area contributed by atoms with Gasteiger partial charge in [0.15, 0.2) is 0 Å². The van der Waals surface area contributed by atoms with Crippen LogP contribution in [0.1, 0.15) is 40.5 Å². The molecule has 34 heavy (non-hydrogen) atoms. The molecule has 12 heteroatoms. The van der Waals surface area contributed by atoms with Gasteiger partial charge in [0.05, 0.1) is 6.07 Å². The molecule has 0 spiro atoms. The van der Waals surface area contributed by atoms with E-state index in [2.05, 4.69) is 32.5 Å². The zero-order valence-electron chi connectivity index (χ0n) is 21.2. The van der Waals surface area contributed by atoms with Crippen LogP contribution in [0, 0.1) is 17.2 Å². The maximum Gasteiger partial charge on any atom is 1.00 e. The Balaban J connectivity index is -0.0000000903. The molecule has 0 heterocycles. The van der Waals surface area contributed by atoms with Gasteiger partial charge in [-0.05, 0) is 18.8 Å². The number of rotatable bonds is 7. The first-order valence-electron chi connectivity index (χ1n) is 9.30. The molecule has 0 aromatic heterocycles. The van der Waals surface area contributed by atoms with E-state index in [-0.39, 0.29) is 99.0 Å². The van der Waals surface area contributed by atoms with Crippen LogP contribution in [0.3, 0.4) is 0 Å². The summed E-state index contributed by atoms with van der Waals surface area (Å²) in [4.78, 5) is 34.0. The molecule has 168 valence electrons. The molecule has 2 rings (SSSR count). The van der Waals surface area contributed by atoms with E-state index in [4.69, 9.17) is 5.26 Å².